The standard InChI is InChI=1S/C13H16BrClN2O2/c1-8-3-9(2)7-16(6-8)13-11(14)4-10(17(18)19)5-12(13)15/h4-5,8-9H,3,6-7H2,1-2H3/t8-,9-/m0/s1. The normalized spacial score (nSPS) is 23.5. The molecule has 0 aromatic heterocycles. The van der Waals surface area contributed by atoms with Gasteiger partial charge in [-0.05, 0) is 34.2 Å². The van der Waals surface area contributed by atoms with Crippen LogP contribution in [0.2, 0.25) is 5.02 Å². The van der Waals surface area contributed by atoms with Gasteiger partial charge in [-0.2, -0.15) is 0 Å². The highest BCUT2D eigenvalue weighted by atomic mass is 79.9. The minimum absolute atomic E-state index is 0.0127. The fourth-order valence-corrected chi connectivity index (χ4v) is 3.95. The van der Waals surface area contributed by atoms with E-state index in [4.69, 9.17) is 11.6 Å². The Balaban J connectivity index is 2.37. The Morgan fingerprint density at radius 1 is 1.37 bits per heavy atom. The molecule has 104 valence electrons. The Labute approximate surface area is 126 Å². The van der Waals surface area contributed by atoms with Crippen LogP contribution < -0.4 is 4.90 Å². The summed E-state index contributed by atoms with van der Waals surface area (Å²) in [6.07, 6.45) is 1.21. The molecule has 1 aromatic carbocycles. The second kappa shape index (κ2) is 5.67. The van der Waals surface area contributed by atoms with Crippen molar-refractivity contribution in [3.8, 4) is 0 Å². The summed E-state index contributed by atoms with van der Waals surface area (Å²) in [5, 5.41) is 11.2. The lowest BCUT2D eigenvalue weighted by molar-refractivity contribution is -0.384. The first-order valence-electron chi connectivity index (χ1n) is 6.27. The molecule has 1 heterocycles. The molecular formula is C13H16BrClN2O2. The number of benzene rings is 1. The molecule has 0 N–H and O–H groups in total. The topological polar surface area (TPSA) is 46.4 Å². The summed E-state index contributed by atoms with van der Waals surface area (Å²) in [7, 11) is 0. The smallest absolute Gasteiger partial charge is 0.272 e. The van der Waals surface area contributed by atoms with Gasteiger partial charge in [-0.25, -0.2) is 0 Å². The van der Waals surface area contributed by atoms with Gasteiger partial charge in [0, 0.05) is 29.7 Å². The van der Waals surface area contributed by atoms with Crippen molar-refractivity contribution in [1.29, 1.82) is 0 Å². The molecule has 0 radical (unpaired) electrons. The van der Waals surface area contributed by atoms with Gasteiger partial charge in [0.15, 0.2) is 0 Å². The molecule has 1 aromatic rings. The van der Waals surface area contributed by atoms with E-state index in [2.05, 4.69) is 34.7 Å². The van der Waals surface area contributed by atoms with Crippen molar-refractivity contribution >= 4 is 38.9 Å². The summed E-state index contributed by atoms with van der Waals surface area (Å²) in [5.74, 6) is 1.20. The van der Waals surface area contributed by atoms with Crippen LogP contribution >= 0.6 is 27.5 Å². The van der Waals surface area contributed by atoms with Crippen molar-refractivity contribution < 1.29 is 4.92 Å². The summed E-state index contributed by atoms with van der Waals surface area (Å²) < 4.78 is 0.688. The first-order chi connectivity index (χ1) is 8.88. The molecule has 19 heavy (non-hydrogen) atoms. The van der Waals surface area contributed by atoms with Crippen molar-refractivity contribution in [2.24, 2.45) is 11.8 Å². The summed E-state index contributed by atoms with van der Waals surface area (Å²) in [6.45, 7) is 6.30. The Morgan fingerprint density at radius 2 is 1.95 bits per heavy atom. The van der Waals surface area contributed by atoms with E-state index in [1.165, 1.54) is 18.6 Å². The van der Waals surface area contributed by atoms with Gasteiger partial charge < -0.3 is 4.90 Å². The van der Waals surface area contributed by atoms with Gasteiger partial charge in [-0.3, -0.25) is 10.1 Å². The molecule has 1 aliphatic rings. The van der Waals surface area contributed by atoms with Gasteiger partial charge in [0.1, 0.15) is 0 Å². The maximum Gasteiger partial charge on any atom is 0.272 e. The first kappa shape index (κ1) is 14.6. The molecule has 0 spiro atoms. The van der Waals surface area contributed by atoms with Crippen LogP contribution in [0.3, 0.4) is 0 Å². The minimum Gasteiger partial charge on any atom is -0.369 e. The lowest BCUT2D eigenvalue weighted by Crippen LogP contribution is -2.39. The minimum atomic E-state index is -0.429. The number of nitro groups is 1. The Hall–Kier alpha value is -0.810. The second-order valence-electron chi connectivity index (χ2n) is 5.37. The molecule has 4 nitrogen and oxygen atoms in total. The molecule has 0 bridgehead atoms. The molecular weight excluding hydrogens is 332 g/mol. The molecule has 1 saturated heterocycles. The fourth-order valence-electron chi connectivity index (χ4n) is 2.81. The number of hydrogen-bond acceptors (Lipinski definition) is 3. The van der Waals surface area contributed by atoms with Crippen molar-refractivity contribution in [2.45, 2.75) is 20.3 Å². The Bertz CT molecular complexity index is 476. The number of nitro benzene ring substituents is 1. The third-order valence-corrected chi connectivity index (χ3v) is 4.29. The van der Waals surface area contributed by atoms with Crippen molar-refractivity contribution in [1.82, 2.24) is 0 Å². The monoisotopic (exact) mass is 346 g/mol. The van der Waals surface area contributed by atoms with Crippen LogP contribution in [-0.2, 0) is 0 Å². The Morgan fingerprint density at radius 3 is 2.42 bits per heavy atom. The predicted molar refractivity (Wildman–Crippen MR) is 81.0 cm³/mol. The summed E-state index contributed by atoms with van der Waals surface area (Å²) in [6, 6.07) is 2.94. The second-order valence-corrected chi connectivity index (χ2v) is 6.63. The number of nitrogens with zero attached hydrogens (tertiary/aromatic N) is 2. The predicted octanol–water partition coefficient (Wildman–Crippen LogP) is 4.49. The van der Waals surface area contributed by atoms with Gasteiger partial charge in [-0.1, -0.05) is 25.4 Å². The van der Waals surface area contributed by atoms with Crippen LogP contribution in [0.1, 0.15) is 20.3 Å². The van der Waals surface area contributed by atoms with Crippen LogP contribution in [-0.4, -0.2) is 18.0 Å². The van der Waals surface area contributed by atoms with Crippen LogP contribution in [0.15, 0.2) is 16.6 Å². The van der Waals surface area contributed by atoms with E-state index in [9.17, 15) is 10.1 Å². The van der Waals surface area contributed by atoms with E-state index in [0.717, 1.165) is 18.8 Å². The van der Waals surface area contributed by atoms with Crippen LogP contribution in [0.5, 0.6) is 0 Å². The number of anilines is 1. The average Bonchev–Trinajstić information content (AvgIpc) is 2.26. The number of rotatable bonds is 2. The van der Waals surface area contributed by atoms with E-state index in [1.54, 1.807) is 0 Å². The van der Waals surface area contributed by atoms with Crippen molar-refractivity contribution in [2.75, 3.05) is 18.0 Å². The van der Waals surface area contributed by atoms with Gasteiger partial charge >= 0.3 is 0 Å². The molecule has 6 heteroatoms. The number of hydrogen-bond donors (Lipinski definition) is 0. The number of halogens is 2. The molecule has 0 aliphatic carbocycles. The first-order valence-corrected chi connectivity index (χ1v) is 7.44. The summed E-state index contributed by atoms with van der Waals surface area (Å²) >= 11 is 9.64. The molecule has 1 fully saturated rings. The Kier molecular flexibility index (Phi) is 4.36. The maximum absolute atomic E-state index is 10.8. The lowest BCUT2D eigenvalue weighted by atomic mass is 9.91. The van der Waals surface area contributed by atoms with E-state index in [-0.39, 0.29) is 5.69 Å². The zero-order valence-electron chi connectivity index (χ0n) is 10.9. The van der Waals surface area contributed by atoms with E-state index < -0.39 is 4.92 Å². The molecule has 0 saturated carbocycles. The van der Waals surface area contributed by atoms with Gasteiger partial charge in [0.25, 0.3) is 5.69 Å². The molecule has 2 atom stereocenters. The van der Waals surface area contributed by atoms with Gasteiger partial charge in [0.05, 0.1) is 15.6 Å². The van der Waals surface area contributed by atoms with Crippen molar-refractivity contribution in [3.63, 3.8) is 0 Å². The van der Waals surface area contributed by atoms with Crippen molar-refractivity contribution in [3.05, 3.63) is 31.7 Å². The third kappa shape index (κ3) is 3.20. The van der Waals surface area contributed by atoms with Crippen LogP contribution in [0.25, 0.3) is 0 Å². The number of non-ortho nitro benzene ring substituents is 1. The molecule has 0 amide bonds. The average molecular weight is 348 g/mol. The van der Waals surface area contributed by atoms with Crippen LogP contribution in [0, 0.1) is 22.0 Å². The molecule has 1 aliphatic heterocycles. The summed E-state index contributed by atoms with van der Waals surface area (Å²) in [5.41, 5.74) is 0.879. The van der Waals surface area contributed by atoms with E-state index >= 15 is 0 Å². The largest absolute Gasteiger partial charge is 0.369 e. The third-order valence-electron chi connectivity index (χ3n) is 3.40. The zero-order valence-corrected chi connectivity index (χ0v) is 13.2. The SMILES string of the molecule is C[C@H]1C[C@H](C)CN(c2c(Cl)cc([N+](=O)[O-])cc2Br)C1. The highest BCUT2D eigenvalue weighted by molar-refractivity contribution is 9.10. The van der Waals surface area contributed by atoms with E-state index in [1.807, 2.05) is 0 Å². The lowest BCUT2D eigenvalue weighted by Gasteiger charge is -2.37. The molecule has 2 rings (SSSR count). The quantitative estimate of drug-likeness (QED) is 0.585. The maximum atomic E-state index is 10.8. The van der Waals surface area contributed by atoms with Crippen LogP contribution in [0.4, 0.5) is 11.4 Å². The highest BCUT2D eigenvalue weighted by Gasteiger charge is 2.26. The number of piperidine rings is 1. The van der Waals surface area contributed by atoms with Gasteiger partial charge in [-0.15, -0.1) is 0 Å². The zero-order chi connectivity index (χ0) is 14.2. The fraction of sp³-hybridized carbons (Fsp3) is 0.538. The van der Waals surface area contributed by atoms with E-state index in [0.29, 0.717) is 21.3 Å². The summed E-state index contributed by atoms with van der Waals surface area (Å²) in [4.78, 5) is 12.6. The highest BCUT2D eigenvalue weighted by Crippen LogP contribution is 2.39. The molecule has 0 unspecified atom stereocenters. The van der Waals surface area contributed by atoms with Gasteiger partial charge in [0.2, 0.25) is 0 Å².